The Hall–Kier alpha value is -1.45. The van der Waals surface area contributed by atoms with E-state index in [9.17, 15) is 8.78 Å². The van der Waals surface area contributed by atoms with E-state index in [1.807, 2.05) is 0 Å². The summed E-state index contributed by atoms with van der Waals surface area (Å²) in [5, 5.41) is 6.89. The van der Waals surface area contributed by atoms with Gasteiger partial charge in [0, 0.05) is 6.07 Å². The summed E-state index contributed by atoms with van der Waals surface area (Å²) in [6, 6.07) is 4.55. The second-order valence-corrected chi connectivity index (χ2v) is 1.55. The van der Waals surface area contributed by atoms with Gasteiger partial charge in [0.25, 0.3) is 6.47 Å². The molecule has 0 aromatic heterocycles. The highest BCUT2D eigenvalue weighted by Crippen LogP contribution is 1.99. The molecule has 1 rings (SSSR count). The monoisotopic (exact) mass is 160 g/mol. The van der Waals surface area contributed by atoms with Crippen molar-refractivity contribution in [3.8, 4) is 0 Å². The third-order valence-corrected chi connectivity index (χ3v) is 0.787. The predicted molar refractivity (Wildman–Crippen MR) is 35.1 cm³/mol. The van der Waals surface area contributed by atoms with Crippen LogP contribution < -0.4 is 0 Å². The van der Waals surface area contributed by atoms with E-state index < -0.39 is 11.6 Å². The topological polar surface area (TPSA) is 37.3 Å². The summed E-state index contributed by atoms with van der Waals surface area (Å²) >= 11 is 0. The summed E-state index contributed by atoms with van der Waals surface area (Å²) in [6.07, 6.45) is 0. The minimum Gasteiger partial charge on any atom is -0.483 e. The number of rotatable bonds is 0. The van der Waals surface area contributed by atoms with Crippen LogP contribution in [0.5, 0.6) is 0 Å². The van der Waals surface area contributed by atoms with E-state index in [0.29, 0.717) is 0 Å². The first-order valence-electron chi connectivity index (χ1n) is 2.69. The van der Waals surface area contributed by atoms with Crippen molar-refractivity contribution in [2.45, 2.75) is 0 Å². The summed E-state index contributed by atoms with van der Waals surface area (Å²) in [6.45, 7) is -0.250. The van der Waals surface area contributed by atoms with Crippen LogP contribution in [-0.4, -0.2) is 11.6 Å². The van der Waals surface area contributed by atoms with Crippen LogP contribution in [-0.2, 0) is 4.79 Å². The number of carbonyl (C=O) groups is 1. The highest BCUT2D eigenvalue weighted by molar-refractivity contribution is 5.32. The van der Waals surface area contributed by atoms with Crippen molar-refractivity contribution in [1.29, 1.82) is 0 Å². The van der Waals surface area contributed by atoms with Crippen LogP contribution in [0.1, 0.15) is 0 Å². The lowest BCUT2D eigenvalue weighted by atomic mass is 10.3. The molecule has 0 heterocycles. The Labute approximate surface area is 62.1 Å². The molecular formula is C7H6F2O2. The number of carboxylic acid groups (broad SMARTS) is 1. The van der Waals surface area contributed by atoms with Crippen molar-refractivity contribution in [3.05, 3.63) is 35.9 Å². The van der Waals surface area contributed by atoms with Gasteiger partial charge >= 0.3 is 0 Å². The normalized spacial score (nSPS) is 7.82. The maximum atomic E-state index is 11.9. The summed E-state index contributed by atoms with van der Waals surface area (Å²) in [5.41, 5.74) is 0. The van der Waals surface area contributed by atoms with Gasteiger partial charge in [0.05, 0.1) is 0 Å². The summed E-state index contributed by atoms with van der Waals surface area (Å²) in [4.78, 5) is 8.36. The SMILES string of the molecule is Fc1cccc(F)c1.O=CO. The third-order valence-electron chi connectivity index (χ3n) is 0.787. The molecule has 11 heavy (non-hydrogen) atoms. The lowest BCUT2D eigenvalue weighted by molar-refractivity contribution is -0.122. The molecule has 4 heteroatoms. The fourth-order valence-electron chi connectivity index (χ4n) is 0.460. The Morgan fingerprint density at radius 1 is 1.27 bits per heavy atom. The van der Waals surface area contributed by atoms with Crippen LogP contribution in [0.3, 0.4) is 0 Å². The average molecular weight is 160 g/mol. The third kappa shape index (κ3) is 5.02. The second-order valence-electron chi connectivity index (χ2n) is 1.55. The molecule has 1 aromatic rings. The van der Waals surface area contributed by atoms with E-state index in [-0.39, 0.29) is 6.47 Å². The number of hydrogen-bond acceptors (Lipinski definition) is 1. The highest BCUT2D eigenvalue weighted by atomic mass is 19.1. The Bertz CT molecular complexity index is 208. The lowest BCUT2D eigenvalue weighted by Gasteiger charge is -1.84. The molecule has 0 saturated heterocycles. The van der Waals surface area contributed by atoms with Crippen LogP contribution in [0, 0.1) is 11.6 Å². The van der Waals surface area contributed by atoms with Crippen LogP contribution in [0.25, 0.3) is 0 Å². The smallest absolute Gasteiger partial charge is 0.290 e. The molecule has 0 aliphatic carbocycles. The van der Waals surface area contributed by atoms with E-state index in [0.717, 1.165) is 6.07 Å². The Morgan fingerprint density at radius 3 is 1.82 bits per heavy atom. The van der Waals surface area contributed by atoms with E-state index in [4.69, 9.17) is 9.90 Å². The van der Waals surface area contributed by atoms with Crippen LogP contribution in [0.4, 0.5) is 8.78 Å². The maximum absolute atomic E-state index is 11.9. The molecule has 1 N–H and O–H groups in total. The molecule has 0 unspecified atom stereocenters. The highest BCUT2D eigenvalue weighted by Gasteiger charge is 1.88. The molecule has 0 aliphatic heterocycles. The van der Waals surface area contributed by atoms with Gasteiger partial charge in [0.2, 0.25) is 0 Å². The van der Waals surface area contributed by atoms with Gasteiger partial charge in [-0.1, -0.05) is 6.07 Å². The molecule has 0 fully saturated rings. The van der Waals surface area contributed by atoms with Gasteiger partial charge < -0.3 is 5.11 Å². The summed E-state index contributed by atoms with van der Waals surface area (Å²) in [7, 11) is 0. The van der Waals surface area contributed by atoms with Crippen LogP contribution in [0.2, 0.25) is 0 Å². The van der Waals surface area contributed by atoms with Gasteiger partial charge in [-0.05, 0) is 12.1 Å². The first-order valence-corrected chi connectivity index (χ1v) is 2.69. The Kier molecular flexibility index (Phi) is 4.64. The van der Waals surface area contributed by atoms with Gasteiger partial charge in [0.15, 0.2) is 0 Å². The zero-order chi connectivity index (χ0) is 8.69. The number of benzene rings is 1. The van der Waals surface area contributed by atoms with Crippen molar-refractivity contribution in [2.75, 3.05) is 0 Å². The molecule has 1 aromatic carbocycles. The Balaban J connectivity index is 0.000000292. The molecule has 2 nitrogen and oxygen atoms in total. The van der Waals surface area contributed by atoms with Crippen molar-refractivity contribution in [1.82, 2.24) is 0 Å². The second kappa shape index (κ2) is 5.34. The molecular weight excluding hydrogens is 154 g/mol. The molecule has 0 saturated carbocycles. The quantitative estimate of drug-likeness (QED) is 0.586. The van der Waals surface area contributed by atoms with E-state index in [1.54, 1.807) is 0 Å². The lowest BCUT2D eigenvalue weighted by Crippen LogP contribution is -1.73. The molecule has 0 spiro atoms. The van der Waals surface area contributed by atoms with Gasteiger partial charge in [-0.25, -0.2) is 8.78 Å². The summed E-state index contributed by atoms with van der Waals surface area (Å²) < 4.78 is 23.9. The molecule has 60 valence electrons. The minimum absolute atomic E-state index is 0.250. The molecule has 0 aliphatic rings. The molecule has 0 radical (unpaired) electrons. The van der Waals surface area contributed by atoms with Gasteiger partial charge in [-0.3, -0.25) is 4.79 Å². The van der Waals surface area contributed by atoms with Crippen LogP contribution >= 0.6 is 0 Å². The average Bonchev–Trinajstić information content (AvgIpc) is 1.88. The van der Waals surface area contributed by atoms with Crippen LogP contribution in [0.15, 0.2) is 24.3 Å². The number of halogens is 2. The fraction of sp³-hybridized carbons (Fsp3) is 0. The zero-order valence-corrected chi connectivity index (χ0v) is 5.50. The van der Waals surface area contributed by atoms with Crippen molar-refractivity contribution in [3.63, 3.8) is 0 Å². The van der Waals surface area contributed by atoms with E-state index in [1.165, 1.54) is 18.2 Å². The largest absolute Gasteiger partial charge is 0.483 e. The van der Waals surface area contributed by atoms with Crippen molar-refractivity contribution >= 4 is 6.47 Å². The minimum atomic E-state index is -0.537. The molecule has 0 atom stereocenters. The summed E-state index contributed by atoms with van der Waals surface area (Å²) in [5.74, 6) is -1.07. The van der Waals surface area contributed by atoms with Gasteiger partial charge in [-0.15, -0.1) is 0 Å². The first kappa shape index (κ1) is 9.55. The number of hydrogen-bond donors (Lipinski definition) is 1. The fourth-order valence-corrected chi connectivity index (χ4v) is 0.460. The van der Waals surface area contributed by atoms with E-state index in [2.05, 4.69) is 0 Å². The van der Waals surface area contributed by atoms with Crippen molar-refractivity contribution in [2.24, 2.45) is 0 Å². The Morgan fingerprint density at radius 2 is 1.64 bits per heavy atom. The van der Waals surface area contributed by atoms with Crippen molar-refractivity contribution < 1.29 is 18.7 Å². The maximum Gasteiger partial charge on any atom is 0.290 e. The standard InChI is InChI=1S/C6H4F2.CH2O2/c7-5-2-1-3-6(8)4-5;2-1-3/h1-4H;1H,(H,2,3). The van der Waals surface area contributed by atoms with E-state index >= 15 is 0 Å². The first-order chi connectivity index (χ1) is 5.20. The van der Waals surface area contributed by atoms with Gasteiger partial charge in [-0.2, -0.15) is 0 Å². The molecule has 0 amide bonds. The molecule has 0 bridgehead atoms. The van der Waals surface area contributed by atoms with Gasteiger partial charge in [0.1, 0.15) is 11.6 Å². The predicted octanol–water partition coefficient (Wildman–Crippen LogP) is 1.67. The zero-order valence-electron chi connectivity index (χ0n) is 5.50.